The van der Waals surface area contributed by atoms with Gasteiger partial charge in [-0.15, -0.1) is 0 Å². The standard InChI is InChI=1S/C18H38N2O.2C2H6/c1-8-17(5,15-19-7)12-14-21-18(6,9-2)11-10-13-20-16(3)4;2*1-2/h19-20H,3,8-15H2,1-2,4-7H3;2*1-2H3. The Kier molecular flexibility index (Phi) is 21.3. The fraction of sp³-hybridized carbons (Fsp3) is 0.909. The summed E-state index contributed by atoms with van der Waals surface area (Å²) in [6, 6.07) is 0. The van der Waals surface area contributed by atoms with Gasteiger partial charge in [0.25, 0.3) is 0 Å². The zero-order valence-corrected chi connectivity index (χ0v) is 19.3. The van der Waals surface area contributed by atoms with Gasteiger partial charge in [-0.3, -0.25) is 0 Å². The van der Waals surface area contributed by atoms with Gasteiger partial charge in [-0.1, -0.05) is 55.0 Å². The van der Waals surface area contributed by atoms with Crippen molar-refractivity contribution in [2.45, 2.75) is 100 Å². The third-order valence-corrected chi connectivity index (χ3v) is 4.67. The molecule has 0 aromatic carbocycles. The molecule has 3 nitrogen and oxygen atoms in total. The van der Waals surface area contributed by atoms with E-state index in [0.29, 0.717) is 5.41 Å². The lowest BCUT2D eigenvalue weighted by Crippen LogP contribution is -2.34. The molecule has 0 fully saturated rings. The highest BCUT2D eigenvalue weighted by atomic mass is 16.5. The van der Waals surface area contributed by atoms with Crippen LogP contribution in [0.15, 0.2) is 12.3 Å². The summed E-state index contributed by atoms with van der Waals surface area (Å²) >= 11 is 0. The van der Waals surface area contributed by atoms with Crippen LogP contribution in [0.5, 0.6) is 0 Å². The highest BCUT2D eigenvalue weighted by Crippen LogP contribution is 2.28. The lowest BCUT2D eigenvalue weighted by atomic mass is 9.84. The molecular formula is C22H50N2O. The summed E-state index contributed by atoms with van der Waals surface area (Å²) in [5.41, 5.74) is 1.38. The van der Waals surface area contributed by atoms with Crippen molar-refractivity contribution in [2.24, 2.45) is 5.41 Å². The molecule has 0 radical (unpaired) electrons. The van der Waals surface area contributed by atoms with Crippen molar-refractivity contribution in [3.8, 4) is 0 Å². The van der Waals surface area contributed by atoms with Gasteiger partial charge >= 0.3 is 0 Å². The Morgan fingerprint density at radius 1 is 1.00 bits per heavy atom. The lowest BCUT2D eigenvalue weighted by molar-refractivity contribution is -0.0522. The van der Waals surface area contributed by atoms with Crippen LogP contribution in [-0.4, -0.2) is 32.3 Å². The van der Waals surface area contributed by atoms with E-state index in [1.54, 1.807) is 0 Å². The fourth-order valence-corrected chi connectivity index (χ4v) is 2.48. The second-order valence-corrected chi connectivity index (χ2v) is 6.91. The van der Waals surface area contributed by atoms with E-state index < -0.39 is 0 Å². The van der Waals surface area contributed by atoms with Crippen LogP contribution in [0.1, 0.15) is 94.4 Å². The maximum Gasteiger partial charge on any atom is 0.0652 e. The molecule has 2 N–H and O–H groups in total. The van der Waals surface area contributed by atoms with Crippen molar-refractivity contribution in [3.63, 3.8) is 0 Å². The first kappa shape index (κ1) is 29.2. The summed E-state index contributed by atoms with van der Waals surface area (Å²) in [5.74, 6) is 0. The minimum atomic E-state index is 0.00501. The molecule has 0 saturated heterocycles. The van der Waals surface area contributed by atoms with Crippen LogP contribution >= 0.6 is 0 Å². The van der Waals surface area contributed by atoms with E-state index in [0.717, 1.165) is 51.1 Å². The predicted molar refractivity (Wildman–Crippen MR) is 116 cm³/mol. The highest BCUT2D eigenvalue weighted by Gasteiger charge is 2.25. The second kappa shape index (κ2) is 18.3. The van der Waals surface area contributed by atoms with Gasteiger partial charge in [0.05, 0.1) is 5.60 Å². The van der Waals surface area contributed by atoms with Crippen molar-refractivity contribution >= 4 is 0 Å². The first-order valence-electron chi connectivity index (χ1n) is 10.5. The molecule has 0 spiro atoms. The summed E-state index contributed by atoms with van der Waals surface area (Å²) < 4.78 is 6.25. The van der Waals surface area contributed by atoms with Crippen LogP contribution in [0, 0.1) is 5.41 Å². The largest absolute Gasteiger partial charge is 0.389 e. The van der Waals surface area contributed by atoms with Gasteiger partial charge in [-0.25, -0.2) is 0 Å². The quantitative estimate of drug-likeness (QED) is 0.387. The molecule has 0 rings (SSSR count). The van der Waals surface area contributed by atoms with Gasteiger partial charge in [0.15, 0.2) is 0 Å². The Bertz CT molecular complexity index is 294. The average Bonchev–Trinajstić information content (AvgIpc) is 2.62. The van der Waals surface area contributed by atoms with Gasteiger partial charge in [0, 0.05) is 25.4 Å². The van der Waals surface area contributed by atoms with Crippen LogP contribution in [0.4, 0.5) is 0 Å². The third-order valence-electron chi connectivity index (χ3n) is 4.67. The van der Waals surface area contributed by atoms with E-state index in [1.165, 1.54) is 6.42 Å². The maximum atomic E-state index is 6.25. The molecule has 3 heteroatoms. The topological polar surface area (TPSA) is 33.3 Å². The summed E-state index contributed by atoms with van der Waals surface area (Å²) in [7, 11) is 2.03. The second-order valence-electron chi connectivity index (χ2n) is 6.91. The number of nitrogens with one attached hydrogen (secondary N) is 2. The van der Waals surface area contributed by atoms with E-state index in [1.807, 2.05) is 41.7 Å². The van der Waals surface area contributed by atoms with Crippen molar-refractivity contribution < 1.29 is 4.74 Å². The number of hydrogen-bond acceptors (Lipinski definition) is 3. The first-order valence-corrected chi connectivity index (χ1v) is 10.5. The molecule has 0 aromatic heterocycles. The predicted octanol–water partition coefficient (Wildman–Crippen LogP) is 6.15. The summed E-state index contributed by atoms with van der Waals surface area (Å²) in [4.78, 5) is 0. The molecule has 25 heavy (non-hydrogen) atoms. The molecule has 0 aromatic rings. The summed E-state index contributed by atoms with van der Waals surface area (Å²) in [5, 5.41) is 6.59. The SMILES string of the molecule is C=C(C)NCCCC(C)(CC)OCCC(C)(CC)CNC.CC.CC. The molecule has 2 unspecified atom stereocenters. The minimum Gasteiger partial charge on any atom is -0.389 e. The molecule has 2 atom stereocenters. The zero-order chi connectivity index (χ0) is 20.4. The summed E-state index contributed by atoms with van der Waals surface area (Å²) in [6.45, 7) is 25.8. The van der Waals surface area contributed by atoms with Crippen molar-refractivity contribution in [2.75, 3.05) is 26.7 Å². The normalized spacial score (nSPS) is 14.8. The van der Waals surface area contributed by atoms with E-state index in [9.17, 15) is 0 Å². The van der Waals surface area contributed by atoms with Crippen LogP contribution < -0.4 is 10.6 Å². The Labute approximate surface area is 160 Å². The fourth-order valence-electron chi connectivity index (χ4n) is 2.48. The van der Waals surface area contributed by atoms with E-state index in [-0.39, 0.29) is 5.60 Å². The van der Waals surface area contributed by atoms with Crippen LogP contribution in [0.25, 0.3) is 0 Å². The lowest BCUT2D eigenvalue weighted by Gasteiger charge is -2.33. The number of ether oxygens (including phenoxy) is 1. The molecule has 0 aliphatic heterocycles. The van der Waals surface area contributed by atoms with Crippen molar-refractivity contribution in [1.82, 2.24) is 10.6 Å². The van der Waals surface area contributed by atoms with E-state index in [4.69, 9.17) is 4.74 Å². The number of rotatable bonds is 13. The van der Waals surface area contributed by atoms with E-state index >= 15 is 0 Å². The molecule has 0 amide bonds. The zero-order valence-electron chi connectivity index (χ0n) is 19.3. The number of allylic oxidation sites excluding steroid dienone is 1. The van der Waals surface area contributed by atoms with Crippen LogP contribution in [0.3, 0.4) is 0 Å². The Balaban J connectivity index is -0.00000112. The van der Waals surface area contributed by atoms with Gasteiger partial charge < -0.3 is 15.4 Å². The van der Waals surface area contributed by atoms with Gasteiger partial charge in [0.2, 0.25) is 0 Å². The Hall–Kier alpha value is -0.540. The van der Waals surface area contributed by atoms with Gasteiger partial charge in [-0.2, -0.15) is 0 Å². The van der Waals surface area contributed by atoms with Gasteiger partial charge in [-0.05, 0) is 58.4 Å². The first-order chi connectivity index (χ1) is 11.8. The average molecular weight is 359 g/mol. The Morgan fingerprint density at radius 2 is 1.56 bits per heavy atom. The van der Waals surface area contributed by atoms with Crippen LogP contribution in [-0.2, 0) is 4.74 Å². The molecule has 154 valence electrons. The molecule has 0 saturated carbocycles. The van der Waals surface area contributed by atoms with Gasteiger partial charge in [0.1, 0.15) is 0 Å². The molecular weight excluding hydrogens is 308 g/mol. The number of hydrogen-bond donors (Lipinski definition) is 2. The highest BCUT2D eigenvalue weighted by molar-refractivity contribution is 4.84. The van der Waals surface area contributed by atoms with Crippen molar-refractivity contribution in [3.05, 3.63) is 12.3 Å². The molecule has 0 heterocycles. The maximum absolute atomic E-state index is 6.25. The third kappa shape index (κ3) is 16.7. The van der Waals surface area contributed by atoms with Crippen LogP contribution in [0.2, 0.25) is 0 Å². The molecule has 0 aliphatic carbocycles. The van der Waals surface area contributed by atoms with E-state index in [2.05, 4.69) is 44.9 Å². The Morgan fingerprint density at radius 3 is 1.96 bits per heavy atom. The van der Waals surface area contributed by atoms with Crippen molar-refractivity contribution in [1.29, 1.82) is 0 Å². The molecule has 0 aliphatic rings. The monoisotopic (exact) mass is 358 g/mol. The molecule has 0 bridgehead atoms. The summed E-state index contributed by atoms with van der Waals surface area (Å²) in [6.07, 6.45) is 5.58. The smallest absolute Gasteiger partial charge is 0.0652 e. The minimum absolute atomic E-state index is 0.00501.